The smallest absolute Gasteiger partial charge is 0.266 e. The first-order chi connectivity index (χ1) is 12.1. The van der Waals surface area contributed by atoms with Crippen molar-refractivity contribution in [2.75, 3.05) is 4.90 Å². The van der Waals surface area contributed by atoms with Crippen molar-refractivity contribution in [1.29, 1.82) is 0 Å². The van der Waals surface area contributed by atoms with Crippen LogP contribution in [0.2, 0.25) is 0 Å². The molecule has 25 heavy (non-hydrogen) atoms. The van der Waals surface area contributed by atoms with Crippen LogP contribution in [0.15, 0.2) is 66.7 Å². The van der Waals surface area contributed by atoms with Gasteiger partial charge in [0.05, 0.1) is 16.8 Å². The van der Waals surface area contributed by atoms with Crippen molar-refractivity contribution in [2.24, 2.45) is 0 Å². The topological polar surface area (TPSA) is 37.4 Å². The van der Waals surface area contributed by atoms with Gasteiger partial charge in [-0.05, 0) is 48.7 Å². The van der Waals surface area contributed by atoms with Gasteiger partial charge in [-0.2, -0.15) is 0 Å². The summed E-state index contributed by atoms with van der Waals surface area (Å²) < 4.78 is 0. The number of aryl methyl sites for hydroxylation is 2. The zero-order valence-electron chi connectivity index (χ0n) is 14.1. The standard InChI is InChI=1S/C22H17NO2/c1-14-11-12-16(13-15(14)2)17-7-5-6-10-20(17)23-21(24)18-8-3-4-9-19(18)22(23)25/h3-13H,1-2H3. The summed E-state index contributed by atoms with van der Waals surface area (Å²) in [5.74, 6) is -0.534. The summed E-state index contributed by atoms with van der Waals surface area (Å²) in [5.41, 5.74) is 5.80. The third kappa shape index (κ3) is 2.36. The van der Waals surface area contributed by atoms with Crippen LogP contribution in [-0.2, 0) is 0 Å². The summed E-state index contributed by atoms with van der Waals surface area (Å²) in [6.07, 6.45) is 0. The minimum Gasteiger partial charge on any atom is -0.268 e. The molecule has 3 nitrogen and oxygen atoms in total. The van der Waals surface area contributed by atoms with E-state index in [1.165, 1.54) is 16.0 Å². The van der Waals surface area contributed by atoms with Gasteiger partial charge in [0.15, 0.2) is 0 Å². The van der Waals surface area contributed by atoms with Gasteiger partial charge in [-0.1, -0.05) is 48.5 Å². The molecule has 0 spiro atoms. The first kappa shape index (κ1) is 15.3. The van der Waals surface area contributed by atoms with Crippen LogP contribution in [0.3, 0.4) is 0 Å². The molecule has 0 unspecified atom stereocenters. The number of anilines is 1. The van der Waals surface area contributed by atoms with Gasteiger partial charge in [0, 0.05) is 5.56 Å². The Morgan fingerprint density at radius 3 is 1.80 bits per heavy atom. The van der Waals surface area contributed by atoms with Crippen LogP contribution in [0, 0.1) is 13.8 Å². The molecule has 0 radical (unpaired) electrons. The van der Waals surface area contributed by atoms with Crippen LogP contribution in [0.1, 0.15) is 31.8 Å². The Hall–Kier alpha value is -3.20. The van der Waals surface area contributed by atoms with E-state index < -0.39 is 0 Å². The molecule has 122 valence electrons. The molecule has 0 bridgehead atoms. The highest BCUT2D eigenvalue weighted by atomic mass is 16.2. The molecular formula is C22H17NO2. The molecule has 0 aromatic heterocycles. The first-order valence-electron chi connectivity index (χ1n) is 8.22. The highest BCUT2D eigenvalue weighted by Crippen LogP contribution is 2.36. The predicted octanol–water partition coefficient (Wildman–Crippen LogP) is 4.77. The molecule has 0 atom stereocenters. The summed E-state index contributed by atoms with van der Waals surface area (Å²) in [5, 5.41) is 0. The second kappa shape index (κ2) is 5.71. The van der Waals surface area contributed by atoms with Crippen LogP contribution in [0.5, 0.6) is 0 Å². The molecule has 0 saturated heterocycles. The second-order valence-corrected chi connectivity index (χ2v) is 6.31. The zero-order valence-corrected chi connectivity index (χ0v) is 14.1. The van der Waals surface area contributed by atoms with Crippen LogP contribution in [0.4, 0.5) is 5.69 Å². The zero-order chi connectivity index (χ0) is 17.6. The normalized spacial score (nSPS) is 13.3. The van der Waals surface area contributed by atoms with E-state index in [-0.39, 0.29) is 11.8 Å². The maximum Gasteiger partial charge on any atom is 0.266 e. The Labute approximate surface area is 146 Å². The van der Waals surface area contributed by atoms with E-state index >= 15 is 0 Å². The lowest BCUT2D eigenvalue weighted by molar-refractivity contribution is 0.0926. The fraction of sp³-hybridized carbons (Fsp3) is 0.0909. The maximum absolute atomic E-state index is 12.8. The van der Waals surface area contributed by atoms with Crippen molar-refractivity contribution in [3.8, 4) is 11.1 Å². The van der Waals surface area contributed by atoms with Crippen molar-refractivity contribution in [1.82, 2.24) is 0 Å². The fourth-order valence-corrected chi connectivity index (χ4v) is 3.23. The number of rotatable bonds is 2. The Balaban J connectivity index is 1.87. The van der Waals surface area contributed by atoms with Crippen LogP contribution < -0.4 is 4.90 Å². The number of imide groups is 1. The van der Waals surface area contributed by atoms with E-state index in [1.807, 2.05) is 30.3 Å². The van der Waals surface area contributed by atoms with Crippen LogP contribution in [0.25, 0.3) is 11.1 Å². The number of benzene rings is 3. The molecule has 2 amide bonds. The molecule has 3 heteroatoms. The number of carbonyl (C=O) groups is 2. The largest absolute Gasteiger partial charge is 0.268 e. The minimum absolute atomic E-state index is 0.267. The second-order valence-electron chi connectivity index (χ2n) is 6.31. The molecule has 4 rings (SSSR count). The van der Waals surface area contributed by atoms with E-state index in [0.29, 0.717) is 16.8 Å². The van der Waals surface area contributed by atoms with E-state index in [1.54, 1.807) is 24.3 Å². The van der Waals surface area contributed by atoms with Crippen LogP contribution >= 0.6 is 0 Å². The van der Waals surface area contributed by atoms with Gasteiger partial charge < -0.3 is 0 Å². The van der Waals surface area contributed by atoms with Gasteiger partial charge in [-0.15, -0.1) is 0 Å². The van der Waals surface area contributed by atoms with E-state index in [4.69, 9.17) is 0 Å². The monoisotopic (exact) mass is 327 g/mol. The molecule has 3 aromatic rings. The summed E-state index contributed by atoms with van der Waals surface area (Å²) in [6, 6.07) is 20.7. The summed E-state index contributed by atoms with van der Waals surface area (Å²) in [6.45, 7) is 4.12. The van der Waals surface area contributed by atoms with E-state index in [0.717, 1.165) is 11.1 Å². The Kier molecular flexibility index (Phi) is 3.50. The first-order valence-corrected chi connectivity index (χ1v) is 8.22. The van der Waals surface area contributed by atoms with E-state index in [2.05, 4.69) is 26.0 Å². The Morgan fingerprint density at radius 2 is 1.20 bits per heavy atom. The maximum atomic E-state index is 12.8. The lowest BCUT2D eigenvalue weighted by Gasteiger charge is -2.19. The van der Waals surface area contributed by atoms with Gasteiger partial charge in [0.2, 0.25) is 0 Å². The quantitative estimate of drug-likeness (QED) is 0.636. The highest BCUT2D eigenvalue weighted by Gasteiger charge is 2.37. The minimum atomic E-state index is -0.267. The van der Waals surface area contributed by atoms with Gasteiger partial charge in [-0.3, -0.25) is 9.59 Å². The number of hydrogen-bond donors (Lipinski definition) is 0. The number of nitrogens with zero attached hydrogens (tertiary/aromatic N) is 1. The number of fused-ring (bicyclic) bond motifs is 1. The Morgan fingerprint density at radius 1 is 0.640 bits per heavy atom. The van der Waals surface area contributed by atoms with Crippen molar-refractivity contribution in [3.63, 3.8) is 0 Å². The van der Waals surface area contributed by atoms with Crippen molar-refractivity contribution in [2.45, 2.75) is 13.8 Å². The fourth-order valence-electron chi connectivity index (χ4n) is 3.23. The molecule has 0 fully saturated rings. The molecule has 0 saturated carbocycles. The molecule has 0 aliphatic carbocycles. The third-order valence-corrected chi connectivity index (χ3v) is 4.76. The third-order valence-electron chi connectivity index (χ3n) is 4.76. The number of hydrogen-bond acceptors (Lipinski definition) is 2. The summed E-state index contributed by atoms with van der Waals surface area (Å²) in [7, 11) is 0. The predicted molar refractivity (Wildman–Crippen MR) is 98.9 cm³/mol. The molecule has 0 N–H and O–H groups in total. The van der Waals surface area contributed by atoms with Crippen LogP contribution in [-0.4, -0.2) is 11.8 Å². The SMILES string of the molecule is Cc1ccc(-c2ccccc2N2C(=O)c3ccccc3C2=O)cc1C. The van der Waals surface area contributed by atoms with Crippen molar-refractivity contribution < 1.29 is 9.59 Å². The number of para-hydroxylation sites is 1. The molecular weight excluding hydrogens is 310 g/mol. The number of carbonyl (C=O) groups excluding carboxylic acids is 2. The average molecular weight is 327 g/mol. The molecule has 1 aliphatic rings. The molecule has 1 heterocycles. The van der Waals surface area contributed by atoms with Gasteiger partial charge >= 0.3 is 0 Å². The average Bonchev–Trinajstić information content (AvgIpc) is 2.89. The van der Waals surface area contributed by atoms with Gasteiger partial charge in [0.1, 0.15) is 0 Å². The highest BCUT2D eigenvalue weighted by molar-refractivity contribution is 6.35. The van der Waals surface area contributed by atoms with Crippen molar-refractivity contribution in [3.05, 3.63) is 89.0 Å². The van der Waals surface area contributed by atoms with Crippen molar-refractivity contribution >= 4 is 17.5 Å². The summed E-state index contributed by atoms with van der Waals surface area (Å²) >= 11 is 0. The number of amides is 2. The summed E-state index contributed by atoms with van der Waals surface area (Å²) in [4.78, 5) is 26.9. The molecule has 3 aromatic carbocycles. The molecule has 1 aliphatic heterocycles. The van der Waals surface area contributed by atoms with Gasteiger partial charge in [-0.25, -0.2) is 4.90 Å². The Bertz CT molecular complexity index is 985. The lowest BCUT2D eigenvalue weighted by atomic mass is 9.98. The lowest BCUT2D eigenvalue weighted by Crippen LogP contribution is -2.29. The van der Waals surface area contributed by atoms with Gasteiger partial charge in [0.25, 0.3) is 11.8 Å². The van der Waals surface area contributed by atoms with E-state index in [9.17, 15) is 9.59 Å².